The van der Waals surface area contributed by atoms with Crippen molar-refractivity contribution in [3.05, 3.63) is 64.9 Å². The lowest BCUT2D eigenvalue weighted by atomic mass is 9.98. The number of hydrogen-bond donors (Lipinski definition) is 2. The third-order valence-electron chi connectivity index (χ3n) is 5.27. The molecule has 0 amide bonds. The first-order valence-electron chi connectivity index (χ1n) is 11.2. The molecule has 2 aromatic carbocycles. The molecule has 0 fully saturated rings. The quantitative estimate of drug-likeness (QED) is 0.288. The van der Waals surface area contributed by atoms with Crippen LogP contribution in [0.15, 0.2) is 46.9 Å². The predicted molar refractivity (Wildman–Crippen MR) is 125 cm³/mol. The van der Waals surface area contributed by atoms with Gasteiger partial charge in [0.25, 0.3) is 0 Å². The van der Waals surface area contributed by atoms with Crippen molar-refractivity contribution in [1.82, 2.24) is 5.32 Å². The van der Waals surface area contributed by atoms with E-state index in [1.165, 1.54) is 6.42 Å². The monoisotopic (exact) mass is 448 g/mol. The van der Waals surface area contributed by atoms with E-state index < -0.39 is 5.97 Å². The topological polar surface area (TPSA) is 113 Å². The van der Waals surface area contributed by atoms with Gasteiger partial charge in [0.15, 0.2) is 5.78 Å². The molecule has 3 aromatic rings. The number of nitriles is 1. The Kier molecular flexibility index (Phi) is 8.62. The number of nitrogens with zero attached hydrogens (tertiary/aromatic N) is 1. The van der Waals surface area contributed by atoms with Gasteiger partial charge in [-0.3, -0.25) is 9.59 Å². The van der Waals surface area contributed by atoms with Crippen molar-refractivity contribution in [2.45, 2.75) is 39.0 Å². The van der Waals surface area contributed by atoms with E-state index in [4.69, 9.17) is 14.3 Å². The van der Waals surface area contributed by atoms with Crippen molar-refractivity contribution in [2.75, 3.05) is 19.7 Å². The first-order chi connectivity index (χ1) is 16.0. The number of fused-ring (bicyclic) bond motifs is 1. The maximum Gasteiger partial charge on any atom is 0.303 e. The van der Waals surface area contributed by atoms with Gasteiger partial charge >= 0.3 is 5.97 Å². The van der Waals surface area contributed by atoms with Crippen LogP contribution in [0.4, 0.5) is 0 Å². The molecule has 0 bridgehead atoms. The zero-order valence-electron chi connectivity index (χ0n) is 18.7. The molecule has 0 aliphatic rings. The summed E-state index contributed by atoms with van der Waals surface area (Å²) in [6, 6.07) is 13.8. The van der Waals surface area contributed by atoms with Crippen molar-refractivity contribution < 1.29 is 23.8 Å². The first kappa shape index (κ1) is 24.0. The molecule has 33 heavy (non-hydrogen) atoms. The Balaban J connectivity index is 1.74. The Morgan fingerprint density at radius 3 is 2.58 bits per heavy atom. The number of benzene rings is 2. The van der Waals surface area contributed by atoms with Crippen LogP contribution in [0.25, 0.3) is 11.0 Å². The second-order valence-corrected chi connectivity index (χ2v) is 7.78. The molecule has 7 nitrogen and oxygen atoms in total. The molecule has 2 N–H and O–H groups in total. The van der Waals surface area contributed by atoms with Gasteiger partial charge in [0.1, 0.15) is 17.1 Å². The number of aliphatic carboxylic acids is 1. The summed E-state index contributed by atoms with van der Waals surface area (Å²) in [5.74, 6) is -0.275. The summed E-state index contributed by atoms with van der Waals surface area (Å²) in [7, 11) is 0. The third kappa shape index (κ3) is 6.43. The lowest BCUT2D eigenvalue weighted by molar-refractivity contribution is -0.137. The number of carbonyl (C=O) groups is 2. The van der Waals surface area contributed by atoms with Crippen LogP contribution in [0.1, 0.15) is 59.9 Å². The van der Waals surface area contributed by atoms with Gasteiger partial charge in [0.2, 0.25) is 0 Å². The van der Waals surface area contributed by atoms with E-state index in [0.29, 0.717) is 45.8 Å². The maximum atomic E-state index is 13.3. The zero-order valence-corrected chi connectivity index (χ0v) is 18.7. The second kappa shape index (κ2) is 11.8. The van der Waals surface area contributed by atoms with Gasteiger partial charge in [-0.1, -0.05) is 13.3 Å². The van der Waals surface area contributed by atoms with Crippen LogP contribution in [0.2, 0.25) is 0 Å². The zero-order chi connectivity index (χ0) is 23.6. The minimum absolute atomic E-state index is 0.0838. The highest BCUT2D eigenvalue weighted by molar-refractivity contribution is 6.17. The Morgan fingerprint density at radius 2 is 1.88 bits per heavy atom. The highest BCUT2D eigenvalue weighted by atomic mass is 16.5. The Bertz CT molecular complexity index is 1140. The van der Waals surface area contributed by atoms with E-state index in [-0.39, 0.29) is 18.6 Å². The molecule has 0 spiro atoms. The standard InChI is InChI=1S/C26H28N2O5/c1-2-3-13-28-14-4-15-32-20-8-6-19(7-9-20)26(31)25-21-16-18(17-27)5-10-22(21)33-23(25)11-12-24(29)30/h5-10,16,28H,2-4,11-15H2,1H3,(H,29,30). The van der Waals surface area contributed by atoms with Gasteiger partial charge in [-0.15, -0.1) is 0 Å². The molecule has 7 heteroatoms. The van der Waals surface area contributed by atoms with Crippen LogP contribution < -0.4 is 10.1 Å². The van der Waals surface area contributed by atoms with Crippen LogP contribution in [0.3, 0.4) is 0 Å². The molecule has 0 saturated carbocycles. The van der Waals surface area contributed by atoms with Crippen LogP contribution in [-0.2, 0) is 11.2 Å². The number of aryl methyl sites for hydroxylation is 1. The van der Waals surface area contributed by atoms with Gasteiger partial charge in [-0.2, -0.15) is 5.26 Å². The van der Waals surface area contributed by atoms with E-state index in [1.807, 2.05) is 0 Å². The van der Waals surface area contributed by atoms with E-state index in [9.17, 15) is 14.9 Å². The van der Waals surface area contributed by atoms with E-state index >= 15 is 0 Å². The van der Waals surface area contributed by atoms with Gasteiger partial charge < -0.3 is 19.6 Å². The number of hydrogen-bond acceptors (Lipinski definition) is 6. The lowest BCUT2D eigenvalue weighted by Gasteiger charge is -2.08. The summed E-state index contributed by atoms with van der Waals surface area (Å²) in [5.41, 5.74) is 1.58. The molecule has 0 aliphatic carbocycles. The average Bonchev–Trinajstić information content (AvgIpc) is 3.19. The fourth-order valence-corrected chi connectivity index (χ4v) is 3.52. The van der Waals surface area contributed by atoms with Gasteiger partial charge in [-0.25, -0.2) is 0 Å². The summed E-state index contributed by atoms with van der Waals surface area (Å²) < 4.78 is 11.5. The number of unbranched alkanes of at least 4 members (excludes halogenated alkanes) is 1. The second-order valence-electron chi connectivity index (χ2n) is 7.78. The van der Waals surface area contributed by atoms with Crippen molar-refractivity contribution in [1.29, 1.82) is 5.26 Å². The fraction of sp³-hybridized carbons (Fsp3) is 0.346. The van der Waals surface area contributed by atoms with E-state index in [1.54, 1.807) is 42.5 Å². The minimum Gasteiger partial charge on any atom is -0.494 e. The predicted octanol–water partition coefficient (Wildman–Crippen LogP) is 4.71. The number of nitrogens with one attached hydrogen (secondary N) is 1. The van der Waals surface area contributed by atoms with Gasteiger partial charge in [-0.05, 0) is 68.4 Å². The number of carbonyl (C=O) groups excluding carboxylic acids is 1. The van der Waals surface area contributed by atoms with Crippen LogP contribution in [-0.4, -0.2) is 36.6 Å². The smallest absolute Gasteiger partial charge is 0.303 e. The van der Waals surface area contributed by atoms with Crippen molar-refractivity contribution in [3.63, 3.8) is 0 Å². The van der Waals surface area contributed by atoms with E-state index in [0.717, 1.165) is 25.9 Å². The van der Waals surface area contributed by atoms with Crippen molar-refractivity contribution in [3.8, 4) is 11.8 Å². The molecule has 0 saturated heterocycles. The molecular formula is C26H28N2O5. The number of ketones is 1. The third-order valence-corrected chi connectivity index (χ3v) is 5.27. The molecule has 0 aliphatic heterocycles. The molecule has 3 rings (SSSR count). The molecule has 0 radical (unpaired) electrons. The summed E-state index contributed by atoms with van der Waals surface area (Å²) in [4.78, 5) is 24.4. The van der Waals surface area contributed by atoms with Crippen LogP contribution in [0, 0.1) is 11.3 Å². The number of ether oxygens (including phenoxy) is 1. The summed E-state index contributed by atoms with van der Waals surface area (Å²) in [6.45, 7) is 4.65. The van der Waals surface area contributed by atoms with Crippen molar-refractivity contribution in [2.24, 2.45) is 0 Å². The molecule has 1 heterocycles. The van der Waals surface area contributed by atoms with Crippen LogP contribution >= 0.6 is 0 Å². The average molecular weight is 449 g/mol. The largest absolute Gasteiger partial charge is 0.494 e. The van der Waals surface area contributed by atoms with E-state index in [2.05, 4.69) is 18.3 Å². The summed E-state index contributed by atoms with van der Waals surface area (Å²) in [5, 5.41) is 22.2. The van der Waals surface area contributed by atoms with Gasteiger partial charge in [0.05, 0.1) is 30.2 Å². The molecule has 1 aromatic heterocycles. The normalized spacial score (nSPS) is 10.8. The number of furan rings is 1. The van der Waals surface area contributed by atoms with Gasteiger partial charge in [0, 0.05) is 17.4 Å². The molecule has 172 valence electrons. The highest BCUT2D eigenvalue weighted by Crippen LogP contribution is 2.30. The van der Waals surface area contributed by atoms with Crippen molar-refractivity contribution >= 4 is 22.7 Å². The lowest BCUT2D eigenvalue weighted by Crippen LogP contribution is -2.18. The summed E-state index contributed by atoms with van der Waals surface area (Å²) in [6.07, 6.45) is 3.15. The first-order valence-corrected chi connectivity index (χ1v) is 11.2. The highest BCUT2D eigenvalue weighted by Gasteiger charge is 2.23. The molecule has 0 unspecified atom stereocenters. The SMILES string of the molecule is CCCCNCCCOc1ccc(C(=O)c2c(CCC(=O)O)oc3ccc(C#N)cc23)cc1. The number of carboxylic acids is 1. The Morgan fingerprint density at radius 1 is 1.12 bits per heavy atom. The van der Waals surface area contributed by atoms with Crippen LogP contribution in [0.5, 0.6) is 5.75 Å². The number of carboxylic acid groups (broad SMARTS) is 1. The maximum absolute atomic E-state index is 13.3. The number of rotatable bonds is 13. The Labute approximate surface area is 193 Å². The fourth-order valence-electron chi connectivity index (χ4n) is 3.52. The molecular weight excluding hydrogens is 420 g/mol. The minimum atomic E-state index is -0.978. The molecule has 0 atom stereocenters. The Hall–Kier alpha value is -3.63. The summed E-state index contributed by atoms with van der Waals surface area (Å²) >= 11 is 0.